The number of hydrogen-bond acceptors (Lipinski definition) is 2. The van der Waals surface area contributed by atoms with Gasteiger partial charge in [0.15, 0.2) is 0 Å². The van der Waals surface area contributed by atoms with Gasteiger partial charge in [-0.1, -0.05) is 30.7 Å². The van der Waals surface area contributed by atoms with Crippen molar-refractivity contribution in [2.24, 2.45) is 0 Å². The molecule has 0 saturated carbocycles. The van der Waals surface area contributed by atoms with Gasteiger partial charge >= 0.3 is 0 Å². The van der Waals surface area contributed by atoms with Gasteiger partial charge in [0.1, 0.15) is 0 Å². The third-order valence-corrected chi connectivity index (χ3v) is 4.16. The minimum absolute atomic E-state index is 0.388. The highest BCUT2D eigenvalue weighted by Crippen LogP contribution is 2.23. The Bertz CT molecular complexity index is 481. The molecular weight excluding hydrogens is 274 g/mol. The number of aryl methyl sites for hydroxylation is 1. The van der Waals surface area contributed by atoms with Crippen LogP contribution in [0.3, 0.4) is 0 Å². The van der Waals surface area contributed by atoms with Gasteiger partial charge in [0.05, 0.1) is 0 Å². The molecule has 1 heterocycles. The van der Waals surface area contributed by atoms with Crippen LogP contribution in [-0.4, -0.2) is 6.54 Å². The van der Waals surface area contributed by atoms with Gasteiger partial charge in [0.25, 0.3) is 0 Å². The van der Waals surface area contributed by atoms with Crippen molar-refractivity contribution in [1.29, 1.82) is 0 Å². The summed E-state index contributed by atoms with van der Waals surface area (Å²) in [5.74, 6) is 0. The second-order valence-electron chi connectivity index (χ2n) is 4.73. The van der Waals surface area contributed by atoms with E-state index in [-0.39, 0.29) is 0 Å². The van der Waals surface area contributed by atoms with E-state index in [2.05, 4.69) is 41.2 Å². The number of thiophene rings is 1. The fraction of sp³-hybridized carbons (Fsp3) is 0.375. The van der Waals surface area contributed by atoms with Crippen LogP contribution < -0.4 is 5.32 Å². The summed E-state index contributed by atoms with van der Waals surface area (Å²) < 4.78 is 0. The van der Waals surface area contributed by atoms with E-state index >= 15 is 0 Å². The van der Waals surface area contributed by atoms with Crippen LogP contribution in [0.4, 0.5) is 0 Å². The van der Waals surface area contributed by atoms with Gasteiger partial charge in [-0.2, -0.15) is 11.3 Å². The van der Waals surface area contributed by atoms with Crippen LogP contribution in [0.15, 0.2) is 41.1 Å². The summed E-state index contributed by atoms with van der Waals surface area (Å²) in [5, 5.41) is 8.81. The molecule has 2 rings (SSSR count). The van der Waals surface area contributed by atoms with Gasteiger partial charge in [-0.05, 0) is 65.9 Å². The fourth-order valence-corrected chi connectivity index (χ4v) is 3.08. The molecule has 1 N–H and O–H groups in total. The van der Waals surface area contributed by atoms with Crippen molar-refractivity contribution < 1.29 is 0 Å². The lowest BCUT2D eigenvalue weighted by Crippen LogP contribution is -2.22. The Kier molecular flexibility index (Phi) is 5.90. The predicted octanol–water partition coefficient (Wildman–Crippen LogP) is 5.08. The van der Waals surface area contributed by atoms with Gasteiger partial charge in [-0.3, -0.25) is 0 Å². The SMILES string of the molecule is CCCNC(CCc1ccsc1)c1cccc(Cl)c1. The van der Waals surface area contributed by atoms with E-state index in [0.29, 0.717) is 6.04 Å². The van der Waals surface area contributed by atoms with Crippen LogP contribution in [0.1, 0.15) is 36.9 Å². The summed E-state index contributed by atoms with van der Waals surface area (Å²) >= 11 is 7.86. The molecule has 0 amide bonds. The maximum Gasteiger partial charge on any atom is 0.0409 e. The molecule has 1 aromatic heterocycles. The Morgan fingerprint density at radius 1 is 1.32 bits per heavy atom. The van der Waals surface area contributed by atoms with Crippen molar-refractivity contribution in [3.05, 3.63) is 57.2 Å². The molecule has 2 aromatic rings. The van der Waals surface area contributed by atoms with Gasteiger partial charge in [-0.25, -0.2) is 0 Å². The highest BCUT2D eigenvalue weighted by Gasteiger charge is 2.11. The topological polar surface area (TPSA) is 12.0 Å². The quantitative estimate of drug-likeness (QED) is 0.751. The lowest BCUT2D eigenvalue weighted by molar-refractivity contribution is 0.499. The molecule has 0 aliphatic rings. The molecule has 0 aliphatic heterocycles. The van der Waals surface area contributed by atoms with Gasteiger partial charge in [0, 0.05) is 11.1 Å². The average molecular weight is 294 g/mol. The van der Waals surface area contributed by atoms with Crippen molar-refractivity contribution in [3.8, 4) is 0 Å². The zero-order valence-electron chi connectivity index (χ0n) is 11.2. The molecule has 0 spiro atoms. The maximum atomic E-state index is 6.10. The Hall–Kier alpha value is -0.830. The fourth-order valence-electron chi connectivity index (χ4n) is 2.17. The monoisotopic (exact) mass is 293 g/mol. The first-order chi connectivity index (χ1) is 9.29. The van der Waals surface area contributed by atoms with Crippen molar-refractivity contribution in [3.63, 3.8) is 0 Å². The molecule has 0 radical (unpaired) electrons. The van der Waals surface area contributed by atoms with Crippen LogP contribution in [0.5, 0.6) is 0 Å². The average Bonchev–Trinajstić information content (AvgIpc) is 2.92. The molecule has 0 bridgehead atoms. The van der Waals surface area contributed by atoms with Gasteiger partial charge in [-0.15, -0.1) is 0 Å². The van der Waals surface area contributed by atoms with E-state index in [1.165, 1.54) is 11.1 Å². The zero-order chi connectivity index (χ0) is 13.5. The third kappa shape index (κ3) is 4.64. The van der Waals surface area contributed by atoms with E-state index in [0.717, 1.165) is 30.8 Å². The molecule has 0 saturated heterocycles. The number of hydrogen-bond donors (Lipinski definition) is 1. The van der Waals surface area contributed by atoms with Gasteiger partial charge in [0.2, 0.25) is 0 Å². The second-order valence-corrected chi connectivity index (χ2v) is 5.95. The van der Waals surface area contributed by atoms with E-state index in [4.69, 9.17) is 11.6 Å². The highest BCUT2D eigenvalue weighted by atomic mass is 35.5. The highest BCUT2D eigenvalue weighted by molar-refractivity contribution is 7.07. The smallest absolute Gasteiger partial charge is 0.0409 e. The Balaban J connectivity index is 2.02. The van der Waals surface area contributed by atoms with E-state index < -0.39 is 0 Å². The van der Waals surface area contributed by atoms with Crippen molar-refractivity contribution in [2.45, 2.75) is 32.2 Å². The van der Waals surface area contributed by atoms with E-state index in [1.54, 1.807) is 11.3 Å². The van der Waals surface area contributed by atoms with Crippen LogP contribution in [0.25, 0.3) is 0 Å². The number of rotatable bonds is 7. The molecule has 19 heavy (non-hydrogen) atoms. The van der Waals surface area contributed by atoms with Crippen molar-refractivity contribution in [2.75, 3.05) is 6.54 Å². The summed E-state index contributed by atoms with van der Waals surface area (Å²) in [7, 11) is 0. The molecule has 0 aliphatic carbocycles. The lowest BCUT2D eigenvalue weighted by atomic mass is 10.00. The Labute approximate surface area is 124 Å². The molecule has 102 valence electrons. The minimum Gasteiger partial charge on any atom is -0.310 e. The van der Waals surface area contributed by atoms with E-state index in [9.17, 15) is 0 Å². The Morgan fingerprint density at radius 3 is 2.89 bits per heavy atom. The first-order valence-electron chi connectivity index (χ1n) is 6.79. The first kappa shape index (κ1) is 14.6. The minimum atomic E-state index is 0.388. The van der Waals surface area contributed by atoms with Crippen molar-refractivity contribution >= 4 is 22.9 Å². The Morgan fingerprint density at radius 2 is 2.21 bits per heavy atom. The number of benzene rings is 1. The summed E-state index contributed by atoms with van der Waals surface area (Å²) in [6.45, 7) is 3.24. The molecule has 1 unspecified atom stereocenters. The van der Waals surface area contributed by atoms with Crippen LogP contribution in [-0.2, 0) is 6.42 Å². The molecule has 1 nitrogen and oxygen atoms in total. The molecule has 1 aromatic carbocycles. The van der Waals surface area contributed by atoms with Gasteiger partial charge < -0.3 is 5.32 Å². The number of nitrogens with one attached hydrogen (secondary N) is 1. The zero-order valence-corrected chi connectivity index (χ0v) is 12.8. The molecule has 3 heteroatoms. The standard InChI is InChI=1S/C16H20ClNS/c1-2-9-18-16(7-6-13-8-10-19-12-13)14-4-3-5-15(17)11-14/h3-5,8,10-12,16,18H,2,6-7,9H2,1H3. The third-order valence-electron chi connectivity index (χ3n) is 3.19. The van der Waals surface area contributed by atoms with Crippen LogP contribution >= 0.6 is 22.9 Å². The van der Waals surface area contributed by atoms with Crippen LogP contribution in [0, 0.1) is 0 Å². The maximum absolute atomic E-state index is 6.10. The largest absolute Gasteiger partial charge is 0.310 e. The lowest BCUT2D eigenvalue weighted by Gasteiger charge is -2.19. The molecule has 0 fully saturated rings. The molecule has 1 atom stereocenters. The van der Waals surface area contributed by atoms with Crippen LogP contribution in [0.2, 0.25) is 5.02 Å². The second kappa shape index (κ2) is 7.68. The normalized spacial score (nSPS) is 12.5. The summed E-state index contributed by atoms with van der Waals surface area (Å²) in [6, 6.07) is 10.8. The number of halogens is 1. The molecular formula is C16H20ClNS. The summed E-state index contributed by atoms with van der Waals surface area (Å²) in [6.07, 6.45) is 3.37. The summed E-state index contributed by atoms with van der Waals surface area (Å²) in [4.78, 5) is 0. The predicted molar refractivity (Wildman–Crippen MR) is 85.1 cm³/mol. The summed E-state index contributed by atoms with van der Waals surface area (Å²) in [5.41, 5.74) is 2.71. The van der Waals surface area contributed by atoms with E-state index in [1.807, 2.05) is 12.1 Å². The first-order valence-corrected chi connectivity index (χ1v) is 8.11. The van der Waals surface area contributed by atoms with Crippen molar-refractivity contribution in [1.82, 2.24) is 5.32 Å².